The van der Waals surface area contributed by atoms with Crippen molar-refractivity contribution < 1.29 is 0 Å². The van der Waals surface area contributed by atoms with Crippen LogP contribution in [-0.4, -0.2) is 0 Å². The van der Waals surface area contributed by atoms with E-state index >= 15 is 0 Å². The second-order valence-corrected chi connectivity index (χ2v) is 7.27. The SMILES string of the molecule is CC(C)c1ccc2c(c1)C1(CCC2)CC2C=CC1C2. The van der Waals surface area contributed by atoms with E-state index in [0.717, 1.165) is 11.8 Å². The third-order valence-corrected chi connectivity index (χ3v) is 5.91. The summed E-state index contributed by atoms with van der Waals surface area (Å²) in [5.74, 6) is 2.36. The average Bonchev–Trinajstić information content (AvgIpc) is 3.00. The minimum atomic E-state index is 0.512. The lowest BCUT2D eigenvalue weighted by molar-refractivity contribution is 0.303. The van der Waals surface area contributed by atoms with Gasteiger partial charge in [-0.15, -0.1) is 0 Å². The van der Waals surface area contributed by atoms with Crippen molar-refractivity contribution in [3.05, 3.63) is 47.0 Å². The number of hydrogen-bond acceptors (Lipinski definition) is 0. The molecule has 1 aromatic carbocycles. The lowest BCUT2D eigenvalue weighted by Gasteiger charge is -2.41. The molecule has 0 N–H and O–H groups in total. The molecule has 0 heteroatoms. The van der Waals surface area contributed by atoms with Gasteiger partial charge in [0.1, 0.15) is 0 Å². The predicted molar refractivity (Wildman–Crippen MR) is 80.5 cm³/mol. The molecule has 19 heavy (non-hydrogen) atoms. The van der Waals surface area contributed by atoms with Crippen molar-refractivity contribution in [1.29, 1.82) is 0 Å². The fraction of sp³-hybridized carbons (Fsp3) is 0.579. The highest BCUT2D eigenvalue weighted by atomic mass is 14.5. The molecule has 3 atom stereocenters. The molecular formula is C19H24. The highest BCUT2D eigenvalue weighted by molar-refractivity contribution is 5.44. The lowest BCUT2D eigenvalue weighted by Crippen LogP contribution is -2.35. The summed E-state index contributed by atoms with van der Waals surface area (Å²) in [4.78, 5) is 0. The van der Waals surface area contributed by atoms with Gasteiger partial charge in [0.15, 0.2) is 0 Å². The van der Waals surface area contributed by atoms with Crippen LogP contribution in [0.1, 0.15) is 62.1 Å². The molecular weight excluding hydrogens is 228 g/mol. The number of fused-ring (bicyclic) bond motifs is 5. The zero-order valence-electron chi connectivity index (χ0n) is 12.2. The van der Waals surface area contributed by atoms with Gasteiger partial charge in [0, 0.05) is 5.41 Å². The molecule has 0 nitrogen and oxygen atoms in total. The minimum absolute atomic E-state index is 0.512. The van der Waals surface area contributed by atoms with Crippen molar-refractivity contribution in [2.45, 2.75) is 57.3 Å². The van der Waals surface area contributed by atoms with E-state index in [1.165, 1.54) is 37.7 Å². The van der Waals surface area contributed by atoms with E-state index in [1.54, 1.807) is 11.1 Å². The van der Waals surface area contributed by atoms with Crippen molar-refractivity contribution in [2.24, 2.45) is 11.8 Å². The maximum absolute atomic E-state index is 2.56. The Labute approximate surface area is 116 Å². The highest BCUT2D eigenvalue weighted by Gasteiger charge is 2.50. The molecule has 3 unspecified atom stereocenters. The Morgan fingerprint density at radius 2 is 2.11 bits per heavy atom. The summed E-state index contributed by atoms with van der Waals surface area (Å²) in [5.41, 5.74) is 5.42. The Morgan fingerprint density at radius 3 is 2.79 bits per heavy atom. The molecule has 1 spiro atoms. The van der Waals surface area contributed by atoms with E-state index in [2.05, 4.69) is 44.2 Å². The van der Waals surface area contributed by atoms with Crippen LogP contribution in [-0.2, 0) is 11.8 Å². The zero-order chi connectivity index (χ0) is 13.0. The van der Waals surface area contributed by atoms with Gasteiger partial charge in [0.25, 0.3) is 0 Å². The maximum Gasteiger partial charge on any atom is 0.00244 e. The number of aryl methyl sites for hydroxylation is 1. The van der Waals surface area contributed by atoms with Crippen LogP contribution in [0.4, 0.5) is 0 Å². The topological polar surface area (TPSA) is 0 Å². The van der Waals surface area contributed by atoms with Gasteiger partial charge in [0.2, 0.25) is 0 Å². The molecule has 1 fully saturated rings. The van der Waals surface area contributed by atoms with Crippen LogP contribution in [0.2, 0.25) is 0 Å². The van der Waals surface area contributed by atoms with Crippen molar-refractivity contribution in [1.82, 2.24) is 0 Å². The average molecular weight is 252 g/mol. The number of allylic oxidation sites excluding steroid dienone is 2. The van der Waals surface area contributed by atoms with Gasteiger partial charge in [-0.1, -0.05) is 44.2 Å². The quantitative estimate of drug-likeness (QED) is 0.618. The van der Waals surface area contributed by atoms with Crippen molar-refractivity contribution in [2.75, 3.05) is 0 Å². The first-order chi connectivity index (χ1) is 9.19. The smallest absolute Gasteiger partial charge is 0.00244 e. The van der Waals surface area contributed by atoms with E-state index in [-0.39, 0.29) is 0 Å². The largest absolute Gasteiger partial charge is 0.0851 e. The van der Waals surface area contributed by atoms with E-state index in [4.69, 9.17) is 0 Å². The summed E-state index contributed by atoms with van der Waals surface area (Å²) in [7, 11) is 0. The molecule has 1 saturated carbocycles. The number of rotatable bonds is 1. The molecule has 0 amide bonds. The predicted octanol–water partition coefficient (Wildman–Crippen LogP) is 4.98. The fourth-order valence-electron chi connectivity index (χ4n) is 4.92. The Bertz CT molecular complexity index is 537. The van der Waals surface area contributed by atoms with E-state index < -0.39 is 0 Å². The van der Waals surface area contributed by atoms with Gasteiger partial charge in [-0.05, 0) is 66.5 Å². The second-order valence-electron chi connectivity index (χ2n) is 7.27. The van der Waals surface area contributed by atoms with Gasteiger partial charge < -0.3 is 0 Å². The van der Waals surface area contributed by atoms with Gasteiger partial charge in [-0.2, -0.15) is 0 Å². The van der Waals surface area contributed by atoms with E-state index in [1.807, 2.05) is 0 Å². The van der Waals surface area contributed by atoms with Crippen LogP contribution in [0.25, 0.3) is 0 Å². The molecule has 0 saturated heterocycles. The van der Waals surface area contributed by atoms with E-state index in [0.29, 0.717) is 11.3 Å². The molecule has 100 valence electrons. The van der Waals surface area contributed by atoms with Crippen LogP contribution < -0.4 is 0 Å². The second kappa shape index (κ2) is 3.98. The molecule has 0 heterocycles. The fourth-order valence-corrected chi connectivity index (χ4v) is 4.92. The summed E-state index contributed by atoms with van der Waals surface area (Å²) in [6.07, 6.45) is 12.0. The van der Waals surface area contributed by atoms with Crippen molar-refractivity contribution in [3.63, 3.8) is 0 Å². The van der Waals surface area contributed by atoms with Gasteiger partial charge in [0.05, 0.1) is 0 Å². The van der Waals surface area contributed by atoms with Crippen LogP contribution in [0.3, 0.4) is 0 Å². The standard InChI is InChI=1S/C19H24/c1-13(2)16-7-6-15-4-3-9-19(18(15)11-16)12-14-5-8-17(19)10-14/h5-8,11,13-14,17H,3-4,9-10,12H2,1-2H3. The number of benzene rings is 1. The third-order valence-electron chi connectivity index (χ3n) is 5.91. The molecule has 2 bridgehead atoms. The summed E-state index contributed by atoms with van der Waals surface area (Å²) < 4.78 is 0. The van der Waals surface area contributed by atoms with Crippen LogP contribution in [0.5, 0.6) is 0 Å². The molecule has 3 aliphatic carbocycles. The first-order valence-corrected chi connectivity index (χ1v) is 8.01. The monoisotopic (exact) mass is 252 g/mol. The molecule has 0 radical (unpaired) electrons. The van der Waals surface area contributed by atoms with Crippen LogP contribution in [0.15, 0.2) is 30.4 Å². The molecule has 4 rings (SSSR count). The molecule has 3 aliphatic rings. The summed E-state index contributed by atoms with van der Waals surface area (Å²) in [6.45, 7) is 4.63. The molecule has 1 aromatic rings. The first kappa shape index (κ1) is 11.8. The Hall–Kier alpha value is -1.04. The van der Waals surface area contributed by atoms with Crippen LogP contribution >= 0.6 is 0 Å². The lowest BCUT2D eigenvalue weighted by atomic mass is 9.62. The van der Waals surface area contributed by atoms with E-state index in [9.17, 15) is 0 Å². The Kier molecular flexibility index (Phi) is 2.46. The Balaban J connectivity index is 1.86. The molecule has 0 aliphatic heterocycles. The van der Waals surface area contributed by atoms with Crippen LogP contribution in [0, 0.1) is 11.8 Å². The normalized spacial score (nSPS) is 35.3. The zero-order valence-corrected chi connectivity index (χ0v) is 12.2. The minimum Gasteiger partial charge on any atom is -0.0851 e. The van der Waals surface area contributed by atoms with Crippen molar-refractivity contribution in [3.8, 4) is 0 Å². The van der Waals surface area contributed by atoms with Gasteiger partial charge in [-0.25, -0.2) is 0 Å². The summed E-state index contributed by atoms with van der Waals surface area (Å²) in [5, 5.41) is 0. The van der Waals surface area contributed by atoms with Gasteiger partial charge >= 0.3 is 0 Å². The molecule has 0 aromatic heterocycles. The maximum atomic E-state index is 2.56. The van der Waals surface area contributed by atoms with Crippen molar-refractivity contribution >= 4 is 0 Å². The Morgan fingerprint density at radius 1 is 1.21 bits per heavy atom. The third kappa shape index (κ3) is 1.58. The summed E-state index contributed by atoms with van der Waals surface area (Å²) >= 11 is 0. The highest BCUT2D eigenvalue weighted by Crippen LogP contribution is 2.58. The first-order valence-electron chi connectivity index (χ1n) is 8.01. The van der Waals surface area contributed by atoms with Gasteiger partial charge in [-0.3, -0.25) is 0 Å². The summed E-state index contributed by atoms with van der Waals surface area (Å²) in [6, 6.07) is 7.36. The number of hydrogen-bond donors (Lipinski definition) is 0.